The summed E-state index contributed by atoms with van der Waals surface area (Å²) in [5.74, 6) is -0.273. The molecule has 1 heterocycles. The normalized spacial score (nSPS) is 10.3. The second kappa shape index (κ2) is 7.63. The highest BCUT2D eigenvalue weighted by atomic mass is 16.2. The summed E-state index contributed by atoms with van der Waals surface area (Å²) in [5.41, 5.74) is 2.63. The van der Waals surface area contributed by atoms with Crippen LogP contribution in [-0.2, 0) is 9.59 Å². The first-order valence-electron chi connectivity index (χ1n) is 7.86. The van der Waals surface area contributed by atoms with Crippen LogP contribution < -0.4 is 10.6 Å². The Bertz CT molecular complexity index is 794. The van der Waals surface area contributed by atoms with Gasteiger partial charge in [0.05, 0.1) is 11.2 Å². The van der Waals surface area contributed by atoms with Crippen LogP contribution in [0.1, 0.15) is 37.9 Å². The molecule has 0 fully saturated rings. The van der Waals surface area contributed by atoms with E-state index in [1.807, 2.05) is 32.0 Å². The van der Waals surface area contributed by atoms with Crippen LogP contribution in [0.4, 0.5) is 5.95 Å². The molecule has 0 spiro atoms. The maximum atomic E-state index is 11.6. The second-order valence-corrected chi connectivity index (χ2v) is 5.39. The van der Waals surface area contributed by atoms with Crippen LogP contribution >= 0.6 is 0 Å². The number of nitrogens with zero attached hydrogens (tertiary/aromatic N) is 3. The minimum absolute atomic E-state index is 0.0418. The monoisotopic (exact) mass is 327 g/mol. The van der Waals surface area contributed by atoms with Gasteiger partial charge in [0, 0.05) is 18.2 Å². The fourth-order valence-corrected chi connectivity index (χ4v) is 2.06. The number of aliphatic imine (C=N–C) groups is 1. The van der Waals surface area contributed by atoms with Crippen molar-refractivity contribution >= 4 is 34.6 Å². The molecule has 0 aliphatic heterocycles. The SMILES string of the molecule is CCC(=O)NC(=Nc1nc(C)c2ccc(C)cc2n1)NC(=O)CC. The van der Waals surface area contributed by atoms with Crippen LogP contribution in [0.3, 0.4) is 0 Å². The maximum absolute atomic E-state index is 11.6. The van der Waals surface area contributed by atoms with Gasteiger partial charge >= 0.3 is 0 Å². The quantitative estimate of drug-likeness (QED) is 0.668. The van der Waals surface area contributed by atoms with Crippen molar-refractivity contribution in [1.29, 1.82) is 0 Å². The van der Waals surface area contributed by atoms with Crippen molar-refractivity contribution in [3.05, 3.63) is 29.5 Å². The van der Waals surface area contributed by atoms with Gasteiger partial charge in [-0.05, 0) is 25.5 Å². The van der Waals surface area contributed by atoms with E-state index in [-0.39, 0.29) is 36.6 Å². The molecule has 7 heteroatoms. The van der Waals surface area contributed by atoms with E-state index in [0.29, 0.717) is 0 Å². The van der Waals surface area contributed by atoms with Crippen molar-refractivity contribution in [2.45, 2.75) is 40.5 Å². The van der Waals surface area contributed by atoms with Crippen molar-refractivity contribution in [3.63, 3.8) is 0 Å². The third-order valence-electron chi connectivity index (χ3n) is 3.40. The molecule has 7 nitrogen and oxygen atoms in total. The summed E-state index contributed by atoms with van der Waals surface area (Å²) in [5, 5.41) is 6.06. The molecule has 2 N–H and O–H groups in total. The second-order valence-electron chi connectivity index (χ2n) is 5.39. The van der Waals surface area contributed by atoms with E-state index in [9.17, 15) is 9.59 Å². The lowest BCUT2D eigenvalue weighted by atomic mass is 10.1. The zero-order chi connectivity index (χ0) is 17.7. The lowest BCUT2D eigenvalue weighted by Crippen LogP contribution is -2.43. The summed E-state index contributed by atoms with van der Waals surface area (Å²) in [7, 11) is 0. The van der Waals surface area contributed by atoms with Crippen LogP contribution in [0.2, 0.25) is 0 Å². The summed E-state index contributed by atoms with van der Waals surface area (Å²) < 4.78 is 0. The summed E-state index contributed by atoms with van der Waals surface area (Å²) in [4.78, 5) is 36.2. The predicted octanol–water partition coefficient (Wildman–Crippen LogP) is 2.29. The molecule has 0 radical (unpaired) electrons. The molecular weight excluding hydrogens is 306 g/mol. The van der Waals surface area contributed by atoms with Gasteiger partial charge in [0.25, 0.3) is 5.95 Å². The Morgan fingerprint density at radius 3 is 2.25 bits per heavy atom. The first-order chi connectivity index (χ1) is 11.4. The number of rotatable bonds is 3. The Morgan fingerprint density at radius 1 is 1.04 bits per heavy atom. The van der Waals surface area contributed by atoms with E-state index in [0.717, 1.165) is 22.2 Å². The summed E-state index contributed by atoms with van der Waals surface area (Å²) in [6, 6.07) is 5.90. The molecular formula is C17H21N5O2. The molecule has 2 aromatic rings. The molecule has 24 heavy (non-hydrogen) atoms. The van der Waals surface area contributed by atoms with Crippen molar-refractivity contribution in [2.24, 2.45) is 4.99 Å². The number of aryl methyl sites for hydroxylation is 2. The summed E-state index contributed by atoms with van der Waals surface area (Å²) >= 11 is 0. The minimum Gasteiger partial charge on any atom is -0.296 e. The summed E-state index contributed by atoms with van der Waals surface area (Å²) in [6.07, 6.45) is 0.551. The lowest BCUT2D eigenvalue weighted by molar-refractivity contribution is -0.119. The Labute approximate surface area is 140 Å². The third-order valence-corrected chi connectivity index (χ3v) is 3.40. The average molecular weight is 327 g/mol. The topological polar surface area (TPSA) is 96.3 Å². The molecule has 126 valence electrons. The van der Waals surface area contributed by atoms with Crippen LogP contribution in [0.5, 0.6) is 0 Å². The van der Waals surface area contributed by atoms with Crippen molar-refractivity contribution < 1.29 is 9.59 Å². The number of benzene rings is 1. The van der Waals surface area contributed by atoms with Gasteiger partial charge in [0.15, 0.2) is 0 Å². The van der Waals surface area contributed by atoms with Gasteiger partial charge in [-0.1, -0.05) is 26.0 Å². The Kier molecular flexibility index (Phi) is 5.57. The van der Waals surface area contributed by atoms with E-state index in [1.165, 1.54) is 0 Å². The van der Waals surface area contributed by atoms with Crippen LogP contribution in [0.15, 0.2) is 23.2 Å². The number of carbonyl (C=O) groups excluding carboxylic acids is 2. The highest BCUT2D eigenvalue weighted by Crippen LogP contribution is 2.19. The zero-order valence-electron chi connectivity index (χ0n) is 14.3. The van der Waals surface area contributed by atoms with E-state index in [1.54, 1.807) is 13.8 Å². The van der Waals surface area contributed by atoms with E-state index in [4.69, 9.17) is 0 Å². The zero-order valence-corrected chi connectivity index (χ0v) is 14.3. The number of aromatic nitrogens is 2. The van der Waals surface area contributed by atoms with Gasteiger partial charge in [-0.15, -0.1) is 0 Å². The van der Waals surface area contributed by atoms with Crippen molar-refractivity contribution in [3.8, 4) is 0 Å². The first-order valence-corrected chi connectivity index (χ1v) is 7.86. The van der Waals surface area contributed by atoms with Gasteiger partial charge in [0.1, 0.15) is 0 Å². The van der Waals surface area contributed by atoms with E-state index >= 15 is 0 Å². The number of guanidine groups is 1. The fraction of sp³-hybridized carbons (Fsp3) is 0.353. The van der Waals surface area contributed by atoms with Gasteiger partial charge in [-0.3, -0.25) is 20.2 Å². The number of hydrogen-bond donors (Lipinski definition) is 2. The minimum atomic E-state index is -0.251. The molecule has 0 atom stereocenters. The highest BCUT2D eigenvalue weighted by Gasteiger charge is 2.10. The number of nitrogens with one attached hydrogen (secondary N) is 2. The Hall–Kier alpha value is -2.83. The molecule has 1 aromatic carbocycles. The fourth-order valence-electron chi connectivity index (χ4n) is 2.06. The maximum Gasteiger partial charge on any atom is 0.253 e. The highest BCUT2D eigenvalue weighted by molar-refractivity contribution is 6.05. The lowest BCUT2D eigenvalue weighted by Gasteiger charge is -2.09. The van der Waals surface area contributed by atoms with Gasteiger partial charge in [0.2, 0.25) is 17.8 Å². The molecule has 0 bridgehead atoms. The Balaban J connectivity index is 2.44. The number of fused-ring (bicyclic) bond motifs is 1. The number of carbonyl (C=O) groups is 2. The van der Waals surface area contributed by atoms with Crippen LogP contribution in [0, 0.1) is 13.8 Å². The molecule has 1 aromatic heterocycles. The molecule has 0 unspecified atom stereocenters. The molecule has 0 aliphatic rings. The Morgan fingerprint density at radius 2 is 1.67 bits per heavy atom. The molecule has 2 amide bonds. The van der Waals surface area contributed by atoms with E-state index < -0.39 is 0 Å². The van der Waals surface area contributed by atoms with Crippen molar-refractivity contribution in [1.82, 2.24) is 20.6 Å². The molecule has 0 saturated heterocycles. The van der Waals surface area contributed by atoms with Gasteiger partial charge in [-0.2, -0.15) is 4.99 Å². The number of hydrogen-bond acceptors (Lipinski definition) is 5. The predicted molar refractivity (Wildman–Crippen MR) is 93.0 cm³/mol. The van der Waals surface area contributed by atoms with Gasteiger partial charge in [-0.25, -0.2) is 9.97 Å². The molecule has 2 rings (SSSR count). The number of amides is 2. The largest absolute Gasteiger partial charge is 0.296 e. The van der Waals surface area contributed by atoms with E-state index in [2.05, 4.69) is 25.6 Å². The van der Waals surface area contributed by atoms with Gasteiger partial charge < -0.3 is 0 Å². The van der Waals surface area contributed by atoms with Crippen LogP contribution in [0.25, 0.3) is 10.9 Å². The summed E-state index contributed by atoms with van der Waals surface area (Å²) in [6.45, 7) is 7.28. The van der Waals surface area contributed by atoms with Crippen molar-refractivity contribution in [2.75, 3.05) is 0 Å². The van der Waals surface area contributed by atoms with Crippen LogP contribution in [-0.4, -0.2) is 27.7 Å². The first kappa shape index (κ1) is 17.5. The standard InChI is InChI=1S/C17H21N5O2/c1-5-14(23)20-17(21-15(24)6-2)22-16-18-11(4)12-8-7-10(3)9-13(12)19-16/h7-9H,5-6H2,1-4H3,(H2,18,19,20,21,22,23,24). The third kappa shape index (κ3) is 4.34. The molecule has 0 aliphatic carbocycles. The average Bonchev–Trinajstić information content (AvgIpc) is 2.53. The molecule has 0 saturated carbocycles. The smallest absolute Gasteiger partial charge is 0.253 e.